The van der Waals surface area contributed by atoms with Crippen LogP contribution < -0.4 is 5.73 Å². The van der Waals surface area contributed by atoms with Crippen molar-refractivity contribution in [3.63, 3.8) is 0 Å². The van der Waals surface area contributed by atoms with Crippen LogP contribution in [0, 0.1) is 0 Å². The number of aromatic nitrogens is 3. The highest BCUT2D eigenvalue weighted by molar-refractivity contribution is 5.94. The quantitative estimate of drug-likeness (QED) is 0.804. The molecule has 0 amide bonds. The van der Waals surface area contributed by atoms with Gasteiger partial charge in [0.15, 0.2) is 5.78 Å². The van der Waals surface area contributed by atoms with Crippen molar-refractivity contribution in [2.75, 3.05) is 0 Å². The van der Waals surface area contributed by atoms with Gasteiger partial charge in [0.1, 0.15) is 5.69 Å². The van der Waals surface area contributed by atoms with Crippen LogP contribution in [0.4, 0.5) is 0 Å². The Kier molecular flexibility index (Phi) is 4.41. The monoisotopic (exact) mass is 258 g/mol. The van der Waals surface area contributed by atoms with E-state index in [0.717, 1.165) is 12.0 Å². The third-order valence-electron chi connectivity index (χ3n) is 2.97. The number of nitrogens with zero attached hydrogens (tertiary/aromatic N) is 3. The number of hydrogen-bond donors (Lipinski definition) is 1. The molecule has 0 aliphatic carbocycles. The van der Waals surface area contributed by atoms with E-state index < -0.39 is 0 Å². The van der Waals surface area contributed by atoms with E-state index in [1.165, 1.54) is 6.20 Å². The maximum absolute atomic E-state index is 12.2. The molecule has 0 saturated carbocycles. The Labute approximate surface area is 112 Å². The number of rotatable bonds is 6. The molecule has 5 heteroatoms. The smallest absolute Gasteiger partial charge is 0.184 e. The number of hydrogen-bond acceptors (Lipinski definition) is 4. The summed E-state index contributed by atoms with van der Waals surface area (Å²) in [6, 6.07) is 9.33. The zero-order valence-electron chi connectivity index (χ0n) is 11.0. The molecule has 100 valence electrons. The average molecular weight is 258 g/mol. The van der Waals surface area contributed by atoms with E-state index in [0.29, 0.717) is 12.2 Å². The van der Waals surface area contributed by atoms with Crippen molar-refractivity contribution in [2.24, 2.45) is 5.73 Å². The largest absolute Gasteiger partial charge is 0.324 e. The van der Waals surface area contributed by atoms with Gasteiger partial charge in [-0.2, -0.15) is 0 Å². The second-order valence-electron chi connectivity index (χ2n) is 4.49. The molecule has 0 aliphatic heterocycles. The summed E-state index contributed by atoms with van der Waals surface area (Å²) in [4.78, 5) is 12.2. The SMILES string of the molecule is CCCn1nncc1C(=O)CC(N)c1ccccc1. The van der Waals surface area contributed by atoms with Gasteiger partial charge in [-0.15, -0.1) is 5.10 Å². The summed E-state index contributed by atoms with van der Waals surface area (Å²) in [5.74, 6) is -0.0187. The Morgan fingerprint density at radius 2 is 2.11 bits per heavy atom. The lowest BCUT2D eigenvalue weighted by Crippen LogP contribution is -2.18. The Bertz CT molecular complexity index is 535. The van der Waals surface area contributed by atoms with Gasteiger partial charge in [-0.05, 0) is 12.0 Å². The Morgan fingerprint density at radius 1 is 1.37 bits per heavy atom. The summed E-state index contributed by atoms with van der Waals surface area (Å²) >= 11 is 0. The molecule has 0 aliphatic rings. The van der Waals surface area contributed by atoms with Crippen molar-refractivity contribution in [2.45, 2.75) is 32.4 Å². The van der Waals surface area contributed by atoms with E-state index in [9.17, 15) is 4.79 Å². The van der Waals surface area contributed by atoms with E-state index >= 15 is 0 Å². The maximum atomic E-state index is 12.2. The summed E-state index contributed by atoms with van der Waals surface area (Å²) in [5, 5.41) is 7.71. The molecule has 1 unspecified atom stereocenters. The van der Waals surface area contributed by atoms with Gasteiger partial charge in [0.2, 0.25) is 0 Å². The molecule has 0 radical (unpaired) electrons. The normalized spacial score (nSPS) is 12.3. The van der Waals surface area contributed by atoms with Gasteiger partial charge < -0.3 is 5.73 Å². The fourth-order valence-electron chi connectivity index (χ4n) is 1.97. The molecular weight excluding hydrogens is 240 g/mol. The first-order valence-electron chi connectivity index (χ1n) is 6.44. The van der Waals surface area contributed by atoms with E-state index in [1.807, 2.05) is 37.3 Å². The van der Waals surface area contributed by atoms with E-state index in [-0.39, 0.29) is 18.2 Å². The van der Waals surface area contributed by atoms with Gasteiger partial charge in [-0.3, -0.25) is 4.79 Å². The molecule has 1 aromatic carbocycles. The first kappa shape index (κ1) is 13.4. The molecule has 2 aromatic rings. The van der Waals surface area contributed by atoms with Crippen molar-refractivity contribution < 1.29 is 4.79 Å². The van der Waals surface area contributed by atoms with Crippen LogP contribution in [-0.4, -0.2) is 20.8 Å². The van der Waals surface area contributed by atoms with Crippen molar-refractivity contribution in [1.82, 2.24) is 15.0 Å². The molecule has 0 spiro atoms. The molecule has 5 nitrogen and oxygen atoms in total. The lowest BCUT2D eigenvalue weighted by Gasteiger charge is -2.11. The minimum atomic E-state index is -0.293. The Balaban J connectivity index is 2.06. The predicted molar refractivity (Wildman–Crippen MR) is 72.6 cm³/mol. The van der Waals surface area contributed by atoms with Gasteiger partial charge in [-0.1, -0.05) is 42.5 Å². The second-order valence-corrected chi connectivity index (χ2v) is 4.49. The van der Waals surface area contributed by atoms with Crippen LogP contribution in [0.5, 0.6) is 0 Å². The second kappa shape index (κ2) is 6.24. The zero-order valence-corrected chi connectivity index (χ0v) is 11.0. The number of Topliss-reactive ketones (excluding diaryl/α,β-unsaturated/α-hetero) is 1. The fourth-order valence-corrected chi connectivity index (χ4v) is 1.97. The Morgan fingerprint density at radius 3 is 2.79 bits per heavy atom. The van der Waals surface area contributed by atoms with E-state index in [1.54, 1.807) is 4.68 Å². The molecule has 2 N–H and O–H groups in total. The molecular formula is C14H18N4O. The molecule has 1 atom stereocenters. The molecule has 2 rings (SSSR count). The zero-order chi connectivity index (χ0) is 13.7. The Hall–Kier alpha value is -2.01. The molecule has 1 aromatic heterocycles. The van der Waals surface area contributed by atoms with Crippen LogP contribution in [0.3, 0.4) is 0 Å². The van der Waals surface area contributed by atoms with Gasteiger partial charge >= 0.3 is 0 Å². The van der Waals surface area contributed by atoms with Crippen LogP contribution >= 0.6 is 0 Å². The van der Waals surface area contributed by atoms with Crippen LogP contribution in [-0.2, 0) is 6.54 Å². The number of benzene rings is 1. The molecule has 0 fully saturated rings. The summed E-state index contributed by atoms with van der Waals surface area (Å²) in [5.41, 5.74) is 7.55. The third kappa shape index (κ3) is 3.26. The lowest BCUT2D eigenvalue weighted by molar-refractivity contribution is 0.0963. The molecule has 19 heavy (non-hydrogen) atoms. The maximum Gasteiger partial charge on any atom is 0.184 e. The van der Waals surface area contributed by atoms with Crippen LogP contribution in [0.15, 0.2) is 36.5 Å². The number of ketones is 1. The predicted octanol–water partition coefficient (Wildman–Crippen LogP) is 1.96. The van der Waals surface area contributed by atoms with E-state index in [4.69, 9.17) is 5.73 Å². The van der Waals surface area contributed by atoms with Crippen LogP contribution in [0.1, 0.15) is 41.9 Å². The van der Waals surface area contributed by atoms with Gasteiger partial charge in [-0.25, -0.2) is 4.68 Å². The highest BCUT2D eigenvalue weighted by atomic mass is 16.1. The molecule has 0 saturated heterocycles. The number of carbonyl (C=O) groups is 1. The van der Waals surface area contributed by atoms with E-state index in [2.05, 4.69) is 10.3 Å². The number of carbonyl (C=O) groups excluding carboxylic acids is 1. The third-order valence-corrected chi connectivity index (χ3v) is 2.97. The van der Waals surface area contributed by atoms with Gasteiger partial charge in [0, 0.05) is 19.0 Å². The average Bonchev–Trinajstić information content (AvgIpc) is 2.88. The van der Waals surface area contributed by atoms with Crippen LogP contribution in [0.25, 0.3) is 0 Å². The number of nitrogens with two attached hydrogens (primary N) is 1. The standard InChI is InChI=1S/C14H18N4O/c1-2-8-18-13(10-16-17-18)14(19)9-12(15)11-6-4-3-5-7-11/h3-7,10,12H,2,8-9,15H2,1H3. The summed E-state index contributed by atoms with van der Waals surface area (Å²) in [6.45, 7) is 2.73. The lowest BCUT2D eigenvalue weighted by atomic mass is 10.0. The summed E-state index contributed by atoms with van der Waals surface area (Å²) in [6.07, 6.45) is 2.69. The summed E-state index contributed by atoms with van der Waals surface area (Å²) in [7, 11) is 0. The van der Waals surface area contributed by atoms with Crippen molar-refractivity contribution in [3.8, 4) is 0 Å². The highest BCUT2D eigenvalue weighted by Crippen LogP contribution is 2.16. The van der Waals surface area contributed by atoms with Crippen molar-refractivity contribution >= 4 is 5.78 Å². The van der Waals surface area contributed by atoms with Crippen molar-refractivity contribution in [3.05, 3.63) is 47.8 Å². The minimum Gasteiger partial charge on any atom is -0.324 e. The summed E-state index contributed by atoms with van der Waals surface area (Å²) < 4.78 is 1.64. The van der Waals surface area contributed by atoms with Crippen LogP contribution in [0.2, 0.25) is 0 Å². The first-order chi connectivity index (χ1) is 9.22. The minimum absolute atomic E-state index is 0.0187. The molecule has 0 bridgehead atoms. The fraction of sp³-hybridized carbons (Fsp3) is 0.357. The van der Waals surface area contributed by atoms with Crippen molar-refractivity contribution in [1.29, 1.82) is 0 Å². The number of aryl methyl sites for hydroxylation is 1. The topological polar surface area (TPSA) is 73.8 Å². The molecule has 1 heterocycles. The highest BCUT2D eigenvalue weighted by Gasteiger charge is 2.17. The van der Waals surface area contributed by atoms with Gasteiger partial charge in [0.05, 0.1) is 6.20 Å². The van der Waals surface area contributed by atoms with Gasteiger partial charge in [0.25, 0.3) is 0 Å². The first-order valence-corrected chi connectivity index (χ1v) is 6.44.